The maximum atomic E-state index is 13.2. The van der Waals surface area contributed by atoms with E-state index in [2.05, 4.69) is 57.2 Å². The highest BCUT2D eigenvalue weighted by molar-refractivity contribution is 5.74. The third kappa shape index (κ3) is 43.4. The molecule has 3 N–H and O–H groups in total. The van der Waals surface area contributed by atoms with Gasteiger partial charge in [0, 0.05) is 19.3 Å². The fourth-order valence-electron chi connectivity index (χ4n) is 9.76. The van der Waals surface area contributed by atoms with Crippen molar-refractivity contribution in [2.75, 3.05) is 13.2 Å². The number of unbranched alkanes of at least 4 members (excludes halogenated alkanes) is 35. The number of carboxylic acids is 1. The van der Waals surface area contributed by atoms with Crippen LogP contribution >= 0.6 is 0 Å². The summed E-state index contributed by atoms with van der Waals surface area (Å²) in [5.41, 5.74) is 0. The third-order valence-electron chi connectivity index (χ3n) is 14.7. The molecule has 0 radical (unpaired) electrons. The number of aliphatic hydroxyl groups excluding tert-OH is 2. The highest BCUT2D eigenvalue weighted by Gasteiger charge is 2.50. The van der Waals surface area contributed by atoms with E-state index in [1.54, 1.807) is 0 Å². The van der Waals surface area contributed by atoms with Crippen molar-refractivity contribution in [1.82, 2.24) is 0 Å². The number of rotatable bonds is 55. The highest BCUT2D eigenvalue weighted by atomic mass is 16.7. The molecule has 448 valence electrons. The van der Waals surface area contributed by atoms with E-state index in [1.807, 2.05) is 0 Å². The molecular weight excluding hydrogens is 973 g/mol. The van der Waals surface area contributed by atoms with E-state index in [-0.39, 0.29) is 25.9 Å². The highest BCUT2D eigenvalue weighted by Crippen LogP contribution is 2.27. The van der Waals surface area contributed by atoms with Gasteiger partial charge in [-0.3, -0.25) is 14.4 Å². The van der Waals surface area contributed by atoms with Gasteiger partial charge in [-0.1, -0.05) is 250 Å². The number of esters is 3. The molecule has 1 fully saturated rings. The van der Waals surface area contributed by atoms with Crippen LogP contribution in [0, 0.1) is 0 Å². The Bertz CT molecular complexity index is 1480. The molecule has 1 heterocycles. The van der Waals surface area contributed by atoms with Gasteiger partial charge in [-0.25, -0.2) is 4.79 Å². The minimum atomic E-state index is -1.90. The minimum Gasteiger partial charge on any atom is -0.479 e. The normalized spacial score (nSPS) is 18.2. The molecule has 0 aromatic carbocycles. The minimum absolute atomic E-state index is 0.0472. The Labute approximate surface area is 470 Å². The molecule has 1 saturated heterocycles. The standard InChI is InChI=1S/C65H116O12/c1-4-7-10-13-16-19-22-25-27-28-29-30-32-34-36-39-42-45-48-51-57(66)73-54-56(75-58(67)52-49-46-43-40-38-35-31-26-23-20-17-14-11-8-5-2)55-74-65-63(61(70)60(69)62(77-65)64(71)72)76-59(68)53-50-47-44-41-37-33-24-21-18-15-12-9-6-3/h12,15,21,24-25,27,56,60-63,65,69-70H,4-11,13-14,16-20,22-23,26,28-55H2,1-3H3,(H,71,72)/b15-12-,24-21-,27-25-. The molecule has 12 heteroatoms. The van der Waals surface area contributed by atoms with Crippen molar-refractivity contribution in [3.05, 3.63) is 36.5 Å². The molecular formula is C65H116O12. The second-order valence-corrected chi connectivity index (χ2v) is 22.0. The van der Waals surface area contributed by atoms with E-state index in [0.717, 1.165) is 89.9 Å². The topological polar surface area (TPSA) is 175 Å². The van der Waals surface area contributed by atoms with E-state index in [1.165, 1.54) is 154 Å². The van der Waals surface area contributed by atoms with Crippen LogP contribution in [-0.4, -0.2) is 89.2 Å². The van der Waals surface area contributed by atoms with Crippen molar-refractivity contribution >= 4 is 23.9 Å². The summed E-state index contributed by atoms with van der Waals surface area (Å²) in [5.74, 6) is -3.11. The average Bonchev–Trinajstić information content (AvgIpc) is 3.42. The predicted molar refractivity (Wildman–Crippen MR) is 313 cm³/mol. The zero-order valence-electron chi connectivity index (χ0n) is 49.5. The molecule has 12 nitrogen and oxygen atoms in total. The first-order chi connectivity index (χ1) is 37.6. The molecule has 0 aromatic rings. The summed E-state index contributed by atoms with van der Waals surface area (Å²) in [6.07, 6.45) is 51.1. The molecule has 77 heavy (non-hydrogen) atoms. The molecule has 6 unspecified atom stereocenters. The van der Waals surface area contributed by atoms with Gasteiger partial charge in [0.25, 0.3) is 0 Å². The van der Waals surface area contributed by atoms with E-state index >= 15 is 0 Å². The summed E-state index contributed by atoms with van der Waals surface area (Å²) < 4.78 is 28.5. The zero-order chi connectivity index (χ0) is 56.1. The van der Waals surface area contributed by atoms with Crippen LogP contribution in [0.15, 0.2) is 36.5 Å². The van der Waals surface area contributed by atoms with E-state index in [0.29, 0.717) is 19.3 Å². The molecule has 1 aliphatic heterocycles. The third-order valence-corrected chi connectivity index (χ3v) is 14.7. The van der Waals surface area contributed by atoms with Gasteiger partial charge in [0.1, 0.15) is 18.8 Å². The van der Waals surface area contributed by atoms with Crippen LogP contribution in [0.3, 0.4) is 0 Å². The fourth-order valence-corrected chi connectivity index (χ4v) is 9.76. The van der Waals surface area contributed by atoms with Gasteiger partial charge in [0.05, 0.1) is 6.61 Å². The van der Waals surface area contributed by atoms with Crippen LogP contribution in [-0.2, 0) is 42.9 Å². The lowest BCUT2D eigenvalue weighted by molar-refractivity contribution is -0.301. The van der Waals surface area contributed by atoms with Crippen LogP contribution in [0.4, 0.5) is 0 Å². The van der Waals surface area contributed by atoms with Gasteiger partial charge in [0.2, 0.25) is 0 Å². The number of carbonyl (C=O) groups excluding carboxylic acids is 3. The maximum absolute atomic E-state index is 13.2. The number of carbonyl (C=O) groups is 4. The molecule has 0 aromatic heterocycles. The van der Waals surface area contributed by atoms with Crippen molar-refractivity contribution < 1.29 is 58.2 Å². The second kappa shape index (κ2) is 53.6. The van der Waals surface area contributed by atoms with Crippen LogP contribution in [0.2, 0.25) is 0 Å². The van der Waals surface area contributed by atoms with Gasteiger partial charge in [-0.15, -0.1) is 0 Å². The number of ether oxygens (including phenoxy) is 5. The van der Waals surface area contributed by atoms with Crippen molar-refractivity contribution in [2.45, 2.75) is 340 Å². The van der Waals surface area contributed by atoms with Gasteiger partial charge < -0.3 is 39.0 Å². The van der Waals surface area contributed by atoms with Crippen LogP contribution in [0.1, 0.15) is 303 Å². The van der Waals surface area contributed by atoms with Gasteiger partial charge >= 0.3 is 23.9 Å². The predicted octanol–water partition coefficient (Wildman–Crippen LogP) is 16.8. The smallest absolute Gasteiger partial charge is 0.335 e. The quantitative estimate of drug-likeness (QED) is 0.0228. The average molecular weight is 1090 g/mol. The molecule has 0 spiro atoms. The first-order valence-electron chi connectivity index (χ1n) is 32.0. The Morgan fingerprint density at radius 3 is 1.23 bits per heavy atom. The molecule has 6 atom stereocenters. The van der Waals surface area contributed by atoms with Crippen LogP contribution < -0.4 is 0 Å². The molecule has 0 saturated carbocycles. The van der Waals surface area contributed by atoms with Crippen molar-refractivity contribution in [3.63, 3.8) is 0 Å². The van der Waals surface area contributed by atoms with Crippen molar-refractivity contribution in [2.24, 2.45) is 0 Å². The zero-order valence-corrected chi connectivity index (χ0v) is 49.5. The summed E-state index contributed by atoms with van der Waals surface area (Å²) in [5, 5.41) is 31.5. The Morgan fingerprint density at radius 2 is 0.805 bits per heavy atom. The first-order valence-corrected chi connectivity index (χ1v) is 32.0. The molecule has 1 rings (SSSR count). The molecule has 0 aliphatic carbocycles. The SMILES string of the molecule is CCC/C=C\C/C=C\CCCCCCCC(=O)OC1C(OCC(COC(=O)CCCCCCCCCCC/C=C\CCCCCCCC)OC(=O)CCCCCCCCCCCCCCCCC)OC(C(=O)O)C(O)C1O. The Morgan fingerprint density at radius 1 is 0.429 bits per heavy atom. The summed E-state index contributed by atoms with van der Waals surface area (Å²) in [4.78, 5) is 51.2. The number of hydrogen-bond donors (Lipinski definition) is 3. The van der Waals surface area contributed by atoms with Crippen molar-refractivity contribution in [3.8, 4) is 0 Å². The monoisotopic (exact) mass is 1090 g/mol. The molecule has 0 bridgehead atoms. The van der Waals surface area contributed by atoms with Crippen molar-refractivity contribution in [1.29, 1.82) is 0 Å². The number of allylic oxidation sites excluding steroid dienone is 6. The van der Waals surface area contributed by atoms with E-state index < -0.39 is 67.3 Å². The number of carboxylic acid groups (broad SMARTS) is 1. The summed E-state index contributed by atoms with van der Waals surface area (Å²) in [6, 6.07) is 0. The van der Waals surface area contributed by atoms with Crippen LogP contribution in [0.25, 0.3) is 0 Å². The number of aliphatic hydroxyl groups is 2. The molecule has 1 aliphatic rings. The summed E-state index contributed by atoms with van der Waals surface area (Å²) in [7, 11) is 0. The lowest BCUT2D eigenvalue weighted by atomic mass is 9.98. The first kappa shape index (κ1) is 72.0. The Balaban J connectivity index is 2.65. The number of aliphatic carboxylic acids is 1. The van der Waals surface area contributed by atoms with Gasteiger partial charge in [0.15, 0.2) is 24.6 Å². The second-order valence-electron chi connectivity index (χ2n) is 22.0. The maximum Gasteiger partial charge on any atom is 0.335 e. The van der Waals surface area contributed by atoms with Gasteiger partial charge in [-0.2, -0.15) is 0 Å². The Hall–Kier alpha value is -3.06. The van der Waals surface area contributed by atoms with E-state index in [9.17, 15) is 34.5 Å². The summed E-state index contributed by atoms with van der Waals surface area (Å²) in [6.45, 7) is 5.96. The molecule has 0 amide bonds. The lowest BCUT2D eigenvalue weighted by Gasteiger charge is -2.40. The summed E-state index contributed by atoms with van der Waals surface area (Å²) >= 11 is 0. The van der Waals surface area contributed by atoms with Gasteiger partial charge in [-0.05, 0) is 70.6 Å². The van der Waals surface area contributed by atoms with E-state index in [4.69, 9.17) is 23.7 Å². The Kier molecular flexibility index (Phi) is 50.1. The lowest BCUT2D eigenvalue weighted by Crippen LogP contribution is -2.61. The van der Waals surface area contributed by atoms with Crippen LogP contribution in [0.5, 0.6) is 0 Å². The largest absolute Gasteiger partial charge is 0.479 e. The fraction of sp³-hybridized carbons (Fsp3) is 0.846. The number of hydrogen-bond acceptors (Lipinski definition) is 11.